The molecule has 0 radical (unpaired) electrons. The first kappa shape index (κ1) is 11.2. The van der Waals surface area contributed by atoms with Crippen LogP contribution in [0.1, 0.15) is 25.7 Å². The third-order valence-corrected chi connectivity index (χ3v) is 3.42. The van der Waals surface area contributed by atoms with Gasteiger partial charge in [-0.25, -0.2) is 0 Å². The van der Waals surface area contributed by atoms with E-state index in [4.69, 9.17) is 15.6 Å². The van der Waals surface area contributed by atoms with Crippen LogP contribution < -0.4 is 5.73 Å². The van der Waals surface area contributed by atoms with E-state index in [1.165, 1.54) is 0 Å². The zero-order valence-electron chi connectivity index (χ0n) is 7.95. The first-order chi connectivity index (χ1) is 5.61. The molecule has 0 amide bonds. The number of aliphatic hydroxyl groups is 1. The Balaban J connectivity index is 0.000000845. The van der Waals surface area contributed by atoms with Crippen molar-refractivity contribution in [2.24, 2.45) is 11.1 Å². The Labute approximate surface area is 85.0 Å². The minimum Gasteiger partial charge on any atom is -0.394 e. The SMILES string of the molecule is COC1CC2(C1)CC(N)(CO)C2.Cl. The highest BCUT2D eigenvalue weighted by Gasteiger charge is 2.58. The van der Waals surface area contributed by atoms with Gasteiger partial charge in [-0.3, -0.25) is 0 Å². The summed E-state index contributed by atoms with van der Waals surface area (Å²) in [7, 11) is 1.76. The van der Waals surface area contributed by atoms with Gasteiger partial charge >= 0.3 is 0 Å². The summed E-state index contributed by atoms with van der Waals surface area (Å²) in [5.74, 6) is 0. The van der Waals surface area contributed by atoms with Gasteiger partial charge in [0.15, 0.2) is 0 Å². The van der Waals surface area contributed by atoms with Gasteiger partial charge < -0.3 is 15.6 Å². The van der Waals surface area contributed by atoms with Crippen molar-refractivity contribution in [3.05, 3.63) is 0 Å². The Bertz CT molecular complexity index is 184. The van der Waals surface area contributed by atoms with Gasteiger partial charge in [-0.2, -0.15) is 0 Å². The second-order valence-corrected chi connectivity index (χ2v) is 4.64. The highest BCUT2D eigenvalue weighted by Crippen LogP contribution is 2.59. The van der Waals surface area contributed by atoms with Gasteiger partial charge in [0.1, 0.15) is 0 Å². The van der Waals surface area contributed by atoms with Crippen LogP contribution in [0.2, 0.25) is 0 Å². The Morgan fingerprint density at radius 1 is 1.46 bits per heavy atom. The molecule has 1 spiro atoms. The van der Waals surface area contributed by atoms with E-state index in [1.807, 2.05) is 0 Å². The fourth-order valence-corrected chi connectivity index (χ4v) is 2.92. The van der Waals surface area contributed by atoms with E-state index >= 15 is 0 Å². The summed E-state index contributed by atoms with van der Waals surface area (Å²) < 4.78 is 5.22. The first-order valence-electron chi connectivity index (χ1n) is 4.54. The highest BCUT2D eigenvalue weighted by atomic mass is 35.5. The van der Waals surface area contributed by atoms with E-state index in [9.17, 15) is 0 Å². The minimum absolute atomic E-state index is 0. The molecule has 0 unspecified atom stereocenters. The Morgan fingerprint density at radius 3 is 2.38 bits per heavy atom. The van der Waals surface area contributed by atoms with Crippen LogP contribution in [0.5, 0.6) is 0 Å². The molecule has 0 bridgehead atoms. The van der Waals surface area contributed by atoms with Crippen molar-refractivity contribution in [1.29, 1.82) is 0 Å². The molecule has 0 atom stereocenters. The lowest BCUT2D eigenvalue weighted by molar-refractivity contribution is -0.143. The number of hydrogen-bond acceptors (Lipinski definition) is 3. The zero-order valence-corrected chi connectivity index (χ0v) is 8.77. The van der Waals surface area contributed by atoms with Gasteiger partial charge in [-0.15, -0.1) is 12.4 Å². The summed E-state index contributed by atoms with van der Waals surface area (Å²) in [5.41, 5.74) is 6.06. The van der Waals surface area contributed by atoms with E-state index in [0.29, 0.717) is 11.5 Å². The third kappa shape index (κ3) is 1.71. The molecule has 0 aromatic rings. The highest BCUT2D eigenvalue weighted by molar-refractivity contribution is 5.85. The lowest BCUT2D eigenvalue weighted by atomic mass is 9.48. The number of halogens is 1. The van der Waals surface area contributed by atoms with E-state index in [1.54, 1.807) is 7.11 Å². The van der Waals surface area contributed by atoms with Crippen molar-refractivity contribution in [2.75, 3.05) is 13.7 Å². The summed E-state index contributed by atoms with van der Waals surface area (Å²) >= 11 is 0. The summed E-state index contributed by atoms with van der Waals surface area (Å²) in [5, 5.41) is 8.96. The molecule has 3 nitrogen and oxygen atoms in total. The number of aliphatic hydroxyl groups excluding tert-OH is 1. The molecule has 0 aliphatic heterocycles. The van der Waals surface area contributed by atoms with Gasteiger partial charge in [-0.05, 0) is 31.1 Å². The number of nitrogens with two attached hydrogens (primary N) is 1. The smallest absolute Gasteiger partial charge is 0.0611 e. The standard InChI is InChI=1S/C9H17NO2.ClH/c1-12-7-2-8(3-7)4-9(10,5-8)6-11;/h7,11H,2-6,10H2,1H3;1H. The molecule has 13 heavy (non-hydrogen) atoms. The van der Waals surface area contributed by atoms with Crippen molar-refractivity contribution in [2.45, 2.75) is 37.3 Å². The monoisotopic (exact) mass is 207 g/mol. The zero-order chi connectivity index (χ0) is 8.82. The van der Waals surface area contributed by atoms with Crippen LogP contribution in [-0.2, 0) is 4.74 Å². The molecular formula is C9H18ClNO2. The summed E-state index contributed by atoms with van der Waals surface area (Å²) in [4.78, 5) is 0. The Hall–Kier alpha value is 0.170. The van der Waals surface area contributed by atoms with Crippen molar-refractivity contribution in [1.82, 2.24) is 0 Å². The molecule has 0 aromatic carbocycles. The summed E-state index contributed by atoms with van der Waals surface area (Å²) in [6, 6.07) is 0. The molecule has 0 saturated heterocycles. The van der Waals surface area contributed by atoms with Gasteiger partial charge in [0.2, 0.25) is 0 Å². The molecule has 78 valence electrons. The van der Waals surface area contributed by atoms with Gasteiger partial charge in [-0.1, -0.05) is 0 Å². The molecule has 2 rings (SSSR count). The molecule has 2 fully saturated rings. The van der Waals surface area contributed by atoms with Gasteiger partial charge in [0, 0.05) is 12.6 Å². The fraction of sp³-hybridized carbons (Fsp3) is 1.00. The molecule has 2 saturated carbocycles. The topological polar surface area (TPSA) is 55.5 Å². The fourth-order valence-electron chi connectivity index (χ4n) is 2.92. The third-order valence-electron chi connectivity index (χ3n) is 3.42. The number of ether oxygens (including phenoxy) is 1. The summed E-state index contributed by atoms with van der Waals surface area (Å²) in [6.07, 6.45) is 4.70. The maximum atomic E-state index is 8.96. The lowest BCUT2D eigenvalue weighted by Gasteiger charge is -2.61. The normalized spacial score (nSPS) is 47.8. The van der Waals surface area contributed by atoms with Crippen molar-refractivity contribution in [3.63, 3.8) is 0 Å². The minimum atomic E-state index is -0.265. The molecule has 0 aromatic heterocycles. The quantitative estimate of drug-likeness (QED) is 0.701. The number of hydrogen-bond donors (Lipinski definition) is 2. The average molecular weight is 208 g/mol. The average Bonchev–Trinajstić information content (AvgIpc) is 1.94. The number of rotatable bonds is 2. The van der Waals surface area contributed by atoms with Crippen molar-refractivity contribution in [3.8, 4) is 0 Å². The van der Waals surface area contributed by atoms with Gasteiger partial charge in [0.25, 0.3) is 0 Å². The maximum Gasteiger partial charge on any atom is 0.0611 e. The summed E-state index contributed by atoms with van der Waals surface area (Å²) in [6.45, 7) is 0.131. The molecule has 3 N–H and O–H groups in total. The molecule has 4 heteroatoms. The maximum absolute atomic E-state index is 8.96. The second-order valence-electron chi connectivity index (χ2n) is 4.64. The van der Waals surface area contributed by atoms with Crippen molar-refractivity contribution < 1.29 is 9.84 Å². The van der Waals surface area contributed by atoms with Crippen LogP contribution in [0.15, 0.2) is 0 Å². The molecule has 0 heterocycles. The Kier molecular flexibility index (Phi) is 2.93. The van der Waals surface area contributed by atoms with Crippen LogP contribution in [0.3, 0.4) is 0 Å². The molecular weight excluding hydrogens is 190 g/mol. The van der Waals surface area contributed by atoms with Crippen molar-refractivity contribution >= 4 is 12.4 Å². The molecule has 2 aliphatic carbocycles. The van der Waals surface area contributed by atoms with Crippen LogP contribution >= 0.6 is 12.4 Å². The first-order valence-corrected chi connectivity index (χ1v) is 4.54. The predicted molar refractivity (Wildman–Crippen MR) is 53.0 cm³/mol. The second kappa shape index (κ2) is 3.39. The predicted octanol–water partition coefficient (Wildman–Crippen LogP) is 0.687. The lowest BCUT2D eigenvalue weighted by Crippen LogP contribution is -2.65. The van der Waals surface area contributed by atoms with Gasteiger partial charge in [0.05, 0.1) is 12.7 Å². The van der Waals surface area contributed by atoms with Crippen LogP contribution in [0.25, 0.3) is 0 Å². The van der Waals surface area contributed by atoms with Crippen LogP contribution in [0, 0.1) is 5.41 Å². The van der Waals surface area contributed by atoms with E-state index in [0.717, 1.165) is 25.7 Å². The van der Waals surface area contributed by atoms with E-state index in [2.05, 4.69) is 0 Å². The van der Waals surface area contributed by atoms with Crippen LogP contribution in [-0.4, -0.2) is 30.5 Å². The Morgan fingerprint density at radius 2 is 2.00 bits per heavy atom. The van der Waals surface area contributed by atoms with E-state index in [-0.39, 0.29) is 24.6 Å². The van der Waals surface area contributed by atoms with Crippen LogP contribution in [0.4, 0.5) is 0 Å². The molecule has 2 aliphatic rings. The number of methoxy groups -OCH3 is 1. The largest absolute Gasteiger partial charge is 0.394 e. The van der Waals surface area contributed by atoms with E-state index < -0.39 is 0 Å².